The molecule has 10 heteroatoms. The molecule has 7 nitrogen and oxygen atoms in total. The van der Waals surface area contributed by atoms with E-state index in [4.69, 9.17) is 16.0 Å². The lowest BCUT2D eigenvalue weighted by atomic mass is 10.2. The third kappa shape index (κ3) is 3.17. The molecule has 0 amide bonds. The predicted molar refractivity (Wildman–Crippen MR) is 86.2 cm³/mol. The Morgan fingerprint density at radius 2 is 2.08 bits per heavy atom. The van der Waals surface area contributed by atoms with Crippen molar-refractivity contribution in [3.8, 4) is 0 Å². The third-order valence-corrected chi connectivity index (χ3v) is 4.62. The van der Waals surface area contributed by atoms with Gasteiger partial charge in [-0.05, 0) is 24.3 Å². The molecule has 1 heterocycles. The number of sulfonamides is 1. The van der Waals surface area contributed by atoms with Gasteiger partial charge in [0.1, 0.15) is 5.82 Å². The lowest BCUT2D eigenvalue weighted by molar-refractivity contribution is 0.553. The van der Waals surface area contributed by atoms with Crippen LogP contribution < -0.4 is 10.6 Å². The Hall–Kier alpha value is -2.65. The fourth-order valence-electron chi connectivity index (χ4n) is 1.94. The first-order valence-electron chi connectivity index (χ1n) is 6.48. The molecule has 0 spiro atoms. The van der Waals surface area contributed by atoms with Crippen LogP contribution in [0, 0.1) is 5.82 Å². The third-order valence-electron chi connectivity index (χ3n) is 3.07. The van der Waals surface area contributed by atoms with Gasteiger partial charge in [-0.1, -0.05) is 17.7 Å². The average Bonchev–Trinajstić information content (AvgIpc) is 2.89. The summed E-state index contributed by atoms with van der Waals surface area (Å²) in [5, 5.41) is 3.60. The molecular formula is C14H9ClFN3O4S. The van der Waals surface area contributed by atoms with E-state index in [1.54, 1.807) is 0 Å². The lowest BCUT2D eigenvalue weighted by Gasteiger charge is -2.03. The van der Waals surface area contributed by atoms with Crippen LogP contribution in [0.5, 0.6) is 0 Å². The number of benzene rings is 2. The highest BCUT2D eigenvalue weighted by Crippen LogP contribution is 2.18. The molecule has 3 aromatic rings. The van der Waals surface area contributed by atoms with E-state index in [1.165, 1.54) is 36.4 Å². The number of fused-ring (bicyclic) bond motifs is 1. The number of oxazole rings is 1. The Bertz CT molecular complexity index is 1080. The zero-order valence-electron chi connectivity index (χ0n) is 11.8. The van der Waals surface area contributed by atoms with Crippen LogP contribution in [0.15, 0.2) is 55.6 Å². The SMILES string of the molecule is O=c1[nH]c2ccc(S(=O)(=O)N/N=C/c3c(F)cccc3Cl)cc2o1. The first-order valence-corrected chi connectivity index (χ1v) is 8.35. The minimum atomic E-state index is -4.03. The van der Waals surface area contributed by atoms with Crippen molar-refractivity contribution in [2.45, 2.75) is 4.90 Å². The maximum atomic E-state index is 13.6. The molecule has 3 rings (SSSR count). The number of hydrazone groups is 1. The first-order chi connectivity index (χ1) is 11.4. The number of halogens is 2. The number of aromatic nitrogens is 1. The quantitative estimate of drug-likeness (QED) is 0.543. The molecule has 24 heavy (non-hydrogen) atoms. The monoisotopic (exact) mass is 369 g/mol. The zero-order valence-corrected chi connectivity index (χ0v) is 13.4. The van der Waals surface area contributed by atoms with Gasteiger partial charge in [-0.25, -0.2) is 14.0 Å². The summed E-state index contributed by atoms with van der Waals surface area (Å²) in [5.74, 6) is -1.33. The molecule has 124 valence electrons. The maximum absolute atomic E-state index is 13.6. The average molecular weight is 370 g/mol. The number of H-pyrrole nitrogens is 1. The Balaban J connectivity index is 1.87. The van der Waals surface area contributed by atoms with E-state index in [-0.39, 0.29) is 21.1 Å². The molecule has 0 radical (unpaired) electrons. The zero-order chi connectivity index (χ0) is 17.3. The summed E-state index contributed by atoms with van der Waals surface area (Å²) >= 11 is 5.81. The number of nitrogens with one attached hydrogen (secondary N) is 2. The van der Waals surface area contributed by atoms with Gasteiger partial charge in [0.25, 0.3) is 10.0 Å². The Morgan fingerprint density at radius 3 is 2.83 bits per heavy atom. The molecule has 0 fully saturated rings. The van der Waals surface area contributed by atoms with Crippen molar-refractivity contribution < 1.29 is 17.2 Å². The van der Waals surface area contributed by atoms with Gasteiger partial charge < -0.3 is 4.42 Å². The van der Waals surface area contributed by atoms with Crippen molar-refractivity contribution in [3.63, 3.8) is 0 Å². The molecular weight excluding hydrogens is 361 g/mol. The van der Waals surface area contributed by atoms with Gasteiger partial charge in [0, 0.05) is 11.6 Å². The number of hydrogen-bond donors (Lipinski definition) is 2. The van der Waals surface area contributed by atoms with Crippen LogP contribution in [0.1, 0.15) is 5.56 Å². The molecule has 0 aliphatic rings. The topological polar surface area (TPSA) is 105 Å². The summed E-state index contributed by atoms with van der Waals surface area (Å²) in [6.07, 6.45) is 0.962. The molecule has 0 aliphatic carbocycles. The summed E-state index contributed by atoms with van der Waals surface area (Å²) in [5.41, 5.74) is 0.401. The molecule has 0 saturated carbocycles. The Morgan fingerprint density at radius 1 is 1.29 bits per heavy atom. The second kappa shape index (κ2) is 6.10. The second-order valence-corrected chi connectivity index (χ2v) is 6.73. The highest BCUT2D eigenvalue weighted by molar-refractivity contribution is 7.89. The minimum absolute atomic E-state index is 0.0473. The van der Waals surface area contributed by atoms with Gasteiger partial charge in [0.05, 0.1) is 21.6 Å². The predicted octanol–water partition coefficient (Wildman–Crippen LogP) is 2.23. The van der Waals surface area contributed by atoms with Gasteiger partial charge in [-0.3, -0.25) is 4.98 Å². The number of hydrogen-bond acceptors (Lipinski definition) is 5. The van der Waals surface area contributed by atoms with E-state index >= 15 is 0 Å². The van der Waals surface area contributed by atoms with Crippen LogP contribution in [0.3, 0.4) is 0 Å². The minimum Gasteiger partial charge on any atom is -0.408 e. The van der Waals surface area contributed by atoms with E-state index in [9.17, 15) is 17.6 Å². The van der Waals surface area contributed by atoms with Gasteiger partial charge in [0.15, 0.2) is 5.58 Å². The van der Waals surface area contributed by atoms with E-state index in [2.05, 4.69) is 10.1 Å². The fraction of sp³-hybridized carbons (Fsp3) is 0. The molecule has 2 N–H and O–H groups in total. The summed E-state index contributed by atoms with van der Waals surface area (Å²) in [4.78, 5) is 15.2. The molecule has 0 aliphatic heterocycles. The molecule has 2 aromatic carbocycles. The highest BCUT2D eigenvalue weighted by atomic mass is 35.5. The summed E-state index contributed by atoms with van der Waals surface area (Å²) in [6, 6.07) is 7.85. The van der Waals surface area contributed by atoms with Crippen LogP contribution in [0.4, 0.5) is 4.39 Å². The Kier molecular flexibility index (Phi) is 4.12. The molecule has 0 saturated heterocycles. The van der Waals surface area contributed by atoms with Gasteiger partial charge in [0.2, 0.25) is 0 Å². The van der Waals surface area contributed by atoms with Crippen molar-refractivity contribution in [2.24, 2.45) is 5.10 Å². The largest absolute Gasteiger partial charge is 0.417 e. The van der Waals surface area contributed by atoms with Crippen LogP contribution in [-0.2, 0) is 10.0 Å². The van der Waals surface area contributed by atoms with Gasteiger partial charge in [-0.15, -0.1) is 0 Å². The van der Waals surface area contributed by atoms with Crippen LogP contribution in [0.25, 0.3) is 11.1 Å². The van der Waals surface area contributed by atoms with E-state index in [0.717, 1.165) is 6.21 Å². The summed E-state index contributed by atoms with van der Waals surface area (Å²) in [7, 11) is -4.03. The summed E-state index contributed by atoms with van der Waals surface area (Å²) < 4.78 is 42.7. The van der Waals surface area contributed by atoms with E-state index < -0.39 is 21.6 Å². The molecule has 0 bridgehead atoms. The van der Waals surface area contributed by atoms with Crippen molar-refractivity contribution >= 4 is 38.9 Å². The van der Waals surface area contributed by atoms with Crippen molar-refractivity contribution in [2.75, 3.05) is 0 Å². The summed E-state index contributed by atoms with van der Waals surface area (Å²) in [6.45, 7) is 0. The van der Waals surface area contributed by atoms with Gasteiger partial charge in [-0.2, -0.15) is 13.5 Å². The molecule has 1 aromatic heterocycles. The van der Waals surface area contributed by atoms with Crippen molar-refractivity contribution in [1.29, 1.82) is 0 Å². The van der Waals surface area contributed by atoms with E-state index in [1.807, 2.05) is 4.83 Å². The molecule has 0 atom stereocenters. The lowest BCUT2D eigenvalue weighted by Crippen LogP contribution is -2.18. The fourth-order valence-corrected chi connectivity index (χ4v) is 2.96. The van der Waals surface area contributed by atoms with Crippen molar-refractivity contribution in [1.82, 2.24) is 9.82 Å². The smallest absolute Gasteiger partial charge is 0.408 e. The Labute approximate surface area is 139 Å². The number of nitrogens with zero attached hydrogens (tertiary/aromatic N) is 1. The standard InChI is InChI=1S/C14H9ClFN3O4S/c15-10-2-1-3-11(16)9(10)7-17-19-24(21,22)8-4-5-12-13(6-8)23-14(20)18-12/h1-7,19H,(H,18,20)/b17-7+. The number of aromatic amines is 1. The first kappa shape index (κ1) is 16.2. The number of rotatable bonds is 4. The maximum Gasteiger partial charge on any atom is 0.417 e. The second-order valence-electron chi connectivity index (χ2n) is 4.66. The molecule has 0 unspecified atom stereocenters. The van der Waals surface area contributed by atoms with Crippen LogP contribution in [0.2, 0.25) is 5.02 Å². The van der Waals surface area contributed by atoms with Gasteiger partial charge >= 0.3 is 5.76 Å². The highest BCUT2D eigenvalue weighted by Gasteiger charge is 2.15. The van der Waals surface area contributed by atoms with Crippen LogP contribution >= 0.6 is 11.6 Å². The van der Waals surface area contributed by atoms with E-state index in [0.29, 0.717) is 5.52 Å². The van der Waals surface area contributed by atoms with Crippen molar-refractivity contribution in [3.05, 3.63) is 63.4 Å². The van der Waals surface area contributed by atoms with Crippen LogP contribution in [-0.4, -0.2) is 19.6 Å². The normalized spacial score (nSPS) is 12.1.